The normalized spacial score (nSPS) is 13.3. The molecular formula is C17H17N3O2S2. The Balaban J connectivity index is 1.71. The monoisotopic (exact) mass is 359 g/mol. The van der Waals surface area contributed by atoms with Gasteiger partial charge in [0.05, 0.1) is 6.04 Å². The molecule has 1 atom stereocenters. The highest BCUT2D eigenvalue weighted by Crippen LogP contribution is 2.22. The van der Waals surface area contributed by atoms with Crippen LogP contribution in [0, 0.1) is 0 Å². The molecule has 1 N–H and O–H groups in total. The molecule has 2 aromatic heterocycles. The van der Waals surface area contributed by atoms with Crippen LogP contribution in [0.5, 0.6) is 0 Å². The molecule has 0 bridgehead atoms. The second kappa shape index (κ2) is 7.57. The fourth-order valence-corrected chi connectivity index (χ4v) is 3.89. The van der Waals surface area contributed by atoms with E-state index >= 15 is 0 Å². The highest BCUT2D eigenvalue weighted by molar-refractivity contribution is 7.92. The van der Waals surface area contributed by atoms with Crippen LogP contribution in [0.2, 0.25) is 0 Å². The zero-order chi connectivity index (χ0) is 16.8. The number of sulfonamides is 1. The smallest absolute Gasteiger partial charge is 0.233 e. The van der Waals surface area contributed by atoms with Crippen LogP contribution < -0.4 is 4.72 Å². The molecule has 0 aliphatic rings. The van der Waals surface area contributed by atoms with Crippen LogP contribution in [0.4, 0.5) is 0 Å². The number of hydrogen-bond donors (Lipinski definition) is 1. The van der Waals surface area contributed by atoms with Crippen molar-refractivity contribution in [3.8, 4) is 0 Å². The van der Waals surface area contributed by atoms with Crippen LogP contribution in [0.3, 0.4) is 0 Å². The summed E-state index contributed by atoms with van der Waals surface area (Å²) in [5.74, 6) is 0. The molecule has 0 saturated carbocycles. The van der Waals surface area contributed by atoms with Crippen molar-refractivity contribution in [1.29, 1.82) is 0 Å². The summed E-state index contributed by atoms with van der Waals surface area (Å²) in [7, 11) is -3.52. The third-order valence-corrected chi connectivity index (χ3v) is 5.47. The van der Waals surface area contributed by atoms with Gasteiger partial charge in [-0.05, 0) is 29.2 Å². The summed E-state index contributed by atoms with van der Waals surface area (Å²) in [6.45, 7) is 0.240. The van der Waals surface area contributed by atoms with Crippen molar-refractivity contribution in [2.24, 2.45) is 0 Å². The van der Waals surface area contributed by atoms with Gasteiger partial charge in [-0.25, -0.2) is 13.1 Å². The maximum Gasteiger partial charge on any atom is 0.233 e. The van der Waals surface area contributed by atoms with Gasteiger partial charge >= 0.3 is 0 Å². The Morgan fingerprint density at radius 2 is 2.00 bits per heavy atom. The molecule has 0 unspecified atom stereocenters. The standard InChI is InChI=1S/C17H17N3O2S2/c21-24(22,13-9-15-6-2-1-3-7-15)19-14-16(17-8-4-12-23-17)20-11-5-10-18-20/h1-13,16,19H,14H2/b13-9+/t16-/m1/s1. The quantitative estimate of drug-likeness (QED) is 0.705. The van der Waals surface area contributed by atoms with Gasteiger partial charge in [0, 0.05) is 29.2 Å². The molecule has 5 nitrogen and oxygen atoms in total. The Kier molecular flexibility index (Phi) is 5.24. The Bertz CT molecular complexity index is 837. The molecule has 3 rings (SSSR count). The molecule has 124 valence electrons. The largest absolute Gasteiger partial charge is 0.263 e. The number of benzene rings is 1. The molecule has 1 aromatic carbocycles. The number of rotatable bonds is 7. The third kappa shape index (κ3) is 4.41. The summed E-state index contributed by atoms with van der Waals surface area (Å²) in [5.41, 5.74) is 0.838. The Morgan fingerprint density at radius 3 is 2.67 bits per heavy atom. The van der Waals surface area contributed by atoms with Crippen LogP contribution in [-0.4, -0.2) is 24.7 Å². The van der Waals surface area contributed by atoms with Gasteiger partial charge in [-0.3, -0.25) is 4.68 Å². The van der Waals surface area contributed by atoms with Crippen molar-refractivity contribution < 1.29 is 8.42 Å². The fourth-order valence-electron chi connectivity index (χ4n) is 2.25. The highest BCUT2D eigenvalue weighted by Gasteiger charge is 2.17. The van der Waals surface area contributed by atoms with Crippen LogP contribution >= 0.6 is 11.3 Å². The van der Waals surface area contributed by atoms with Gasteiger partial charge in [-0.15, -0.1) is 11.3 Å². The summed E-state index contributed by atoms with van der Waals surface area (Å²) in [6.07, 6.45) is 5.10. The van der Waals surface area contributed by atoms with E-state index in [1.54, 1.807) is 28.3 Å². The van der Waals surface area contributed by atoms with Crippen molar-refractivity contribution in [3.05, 3.63) is 82.2 Å². The fraction of sp³-hybridized carbons (Fsp3) is 0.118. The first-order valence-corrected chi connectivity index (χ1v) is 9.82. The average molecular weight is 359 g/mol. The summed E-state index contributed by atoms with van der Waals surface area (Å²) in [4.78, 5) is 1.05. The molecule has 24 heavy (non-hydrogen) atoms. The summed E-state index contributed by atoms with van der Waals surface area (Å²) in [5, 5.41) is 7.40. The van der Waals surface area contributed by atoms with E-state index in [-0.39, 0.29) is 12.6 Å². The van der Waals surface area contributed by atoms with Gasteiger partial charge in [0.25, 0.3) is 0 Å². The van der Waals surface area contributed by atoms with E-state index in [2.05, 4.69) is 9.82 Å². The van der Waals surface area contributed by atoms with Gasteiger partial charge < -0.3 is 0 Å². The van der Waals surface area contributed by atoms with Crippen LogP contribution in [0.1, 0.15) is 16.5 Å². The van der Waals surface area contributed by atoms with Crippen LogP contribution in [0.15, 0.2) is 71.7 Å². The first-order chi connectivity index (χ1) is 11.6. The lowest BCUT2D eigenvalue weighted by atomic mass is 10.2. The van der Waals surface area contributed by atoms with Crippen molar-refractivity contribution in [3.63, 3.8) is 0 Å². The van der Waals surface area contributed by atoms with Crippen LogP contribution in [0.25, 0.3) is 6.08 Å². The van der Waals surface area contributed by atoms with Gasteiger partial charge in [0.15, 0.2) is 0 Å². The predicted octanol–water partition coefficient (Wildman–Crippen LogP) is 3.12. The zero-order valence-electron chi connectivity index (χ0n) is 12.8. The Hall–Kier alpha value is -2.22. The molecule has 0 fully saturated rings. The van der Waals surface area contributed by atoms with Crippen molar-refractivity contribution >= 4 is 27.4 Å². The van der Waals surface area contributed by atoms with E-state index in [4.69, 9.17) is 0 Å². The molecule has 3 aromatic rings. The molecule has 7 heteroatoms. The third-order valence-electron chi connectivity index (χ3n) is 3.43. The topological polar surface area (TPSA) is 64.0 Å². The van der Waals surface area contributed by atoms with Gasteiger partial charge in [-0.1, -0.05) is 36.4 Å². The van der Waals surface area contributed by atoms with Gasteiger partial charge in [0.1, 0.15) is 0 Å². The highest BCUT2D eigenvalue weighted by atomic mass is 32.2. The molecule has 0 saturated heterocycles. The predicted molar refractivity (Wildman–Crippen MR) is 97.1 cm³/mol. The lowest BCUT2D eigenvalue weighted by Gasteiger charge is -2.16. The van der Waals surface area contributed by atoms with Crippen molar-refractivity contribution in [1.82, 2.24) is 14.5 Å². The van der Waals surface area contributed by atoms with Crippen LogP contribution in [-0.2, 0) is 10.0 Å². The first-order valence-electron chi connectivity index (χ1n) is 7.39. The average Bonchev–Trinajstić information content (AvgIpc) is 3.28. The Morgan fingerprint density at radius 1 is 1.17 bits per heavy atom. The minimum absolute atomic E-state index is 0.167. The van der Waals surface area contributed by atoms with Crippen molar-refractivity contribution in [2.75, 3.05) is 6.54 Å². The van der Waals surface area contributed by atoms with Gasteiger partial charge in [0.2, 0.25) is 10.0 Å². The van der Waals surface area contributed by atoms with E-state index in [0.717, 1.165) is 10.4 Å². The van der Waals surface area contributed by atoms with E-state index in [1.165, 1.54) is 5.41 Å². The summed E-state index contributed by atoms with van der Waals surface area (Å²) >= 11 is 1.58. The molecule has 0 aliphatic carbocycles. The molecule has 0 radical (unpaired) electrons. The number of thiophene rings is 1. The minimum Gasteiger partial charge on any atom is -0.263 e. The van der Waals surface area contributed by atoms with E-state index < -0.39 is 10.0 Å². The van der Waals surface area contributed by atoms with E-state index in [1.807, 2.05) is 60.1 Å². The maximum atomic E-state index is 12.2. The number of nitrogens with zero attached hydrogens (tertiary/aromatic N) is 2. The number of hydrogen-bond acceptors (Lipinski definition) is 4. The molecule has 0 aliphatic heterocycles. The number of aromatic nitrogens is 2. The molecule has 0 spiro atoms. The molecule has 0 amide bonds. The first kappa shape index (κ1) is 16.6. The molecule has 2 heterocycles. The lowest BCUT2D eigenvalue weighted by molar-refractivity contribution is 0.514. The maximum absolute atomic E-state index is 12.2. The van der Waals surface area contributed by atoms with Gasteiger partial charge in [-0.2, -0.15) is 5.10 Å². The second-order valence-electron chi connectivity index (χ2n) is 5.12. The zero-order valence-corrected chi connectivity index (χ0v) is 14.5. The molecular weight excluding hydrogens is 342 g/mol. The SMILES string of the molecule is O=S(=O)(/C=C/c1ccccc1)NC[C@H](c1cccs1)n1cccn1. The summed E-state index contributed by atoms with van der Waals surface area (Å²) in [6, 6.07) is 14.9. The Labute approximate surface area is 145 Å². The van der Waals surface area contributed by atoms with E-state index in [9.17, 15) is 8.42 Å². The minimum atomic E-state index is -3.52. The lowest BCUT2D eigenvalue weighted by Crippen LogP contribution is -2.30. The van der Waals surface area contributed by atoms with E-state index in [0.29, 0.717) is 0 Å². The second-order valence-corrected chi connectivity index (χ2v) is 7.75. The number of nitrogens with one attached hydrogen (secondary N) is 1. The van der Waals surface area contributed by atoms with Crippen molar-refractivity contribution in [2.45, 2.75) is 6.04 Å². The summed E-state index contributed by atoms with van der Waals surface area (Å²) < 4.78 is 28.8.